The van der Waals surface area contributed by atoms with Crippen molar-refractivity contribution in [2.45, 2.75) is 24.9 Å². The minimum atomic E-state index is -0.874. The third-order valence-electron chi connectivity index (χ3n) is 3.52. The number of methoxy groups -OCH3 is 1. The highest BCUT2D eigenvalue weighted by molar-refractivity contribution is 5.85. The van der Waals surface area contributed by atoms with Crippen molar-refractivity contribution in [3.63, 3.8) is 0 Å². The molecule has 2 N–H and O–H groups in total. The first-order chi connectivity index (χ1) is 9.16. The Hall–Kier alpha value is -1.30. The summed E-state index contributed by atoms with van der Waals surface area (Å²) >= 11 is 0. The Kier molecular flexibility index (Phi) is 6.26. The second-order valence-electron chi connectivity index (χ2n) is 4.70. The maximum atomic E-state index is 11.5. The lowest BCUT2D eigenvalue weighted by molar-refractivity contribution is -0.149. The van der Waals surface area contributed by atoms with Gasteiger partial charge in [-0.25, -0.2) is 0 Å². The number of hydrogen-bond acceptors (Lipinski definition) is 4. The molecule has 0 radical (unpaired) electrons. The molecule has 0 amide bonds. The Bertz CT molecular complexity index is 447. The lowest BCUT2D eigenvalue weighted by atomic mass is 9.90. The monoisotopic (exact) mass is 301 g/mol. The van der Waals surface area contributed by atoms with Crippen LogP contribution in [0.4, 0.5) is 0 Å². The van der Waals surface area contributed by atoms with Gasteiger partial charge >= 0.3 is 5.97 Å². The smallest absolute Gasteiger partial charge is 0.324 e. The highest BCUT2D eigenvalue weighted by Gasteiger charge is 2.39. The van der Waals surface area contributed by atoms with E-state index in [0.717, 1.165) is 11.3 Å². The van der Waals surface area contributed by atoms with Crippen molar-refractivity contribution in [3.05, 3.63) is 29.8 Å². The molecule has 1 aromatic rings. The van der Waals surface area contributed by atoms with Crippen LogP contribution < -0.4 is 10.1 Å². The number of ether oxygens (including phenoxy) is 2. The molecule has 0 saturated carbocycles. The molecule has 1 aliphatic heterocycles. The zero-order valence-electron chi connectivity index (χ0n) is 11.4. The second kappa shape index (κ2) is 7.47. The number of carboxylic acid groups (broad SMARTS) is 1. The number of halogens is 1. The molecule has 112 valence electrons. The SMILES string of the molecule is COc1cccc(CNC2(C(=O)O)CCOCC2)c1.Cl. The van der Waals surface area contributed by atoms with Crippen LogP contribution in [0.5, 0.6) is 5.75 Å². The third-order valence-corrected chi connectivity index (χ3v) is 3.52. The van der Waals surface area contributed by atoms with Crippen molar-refractivity contribution in [2.24, 2.45) is 0 Å². The standard InChI is InChI=1S/C14H19NO4.ClH/c1-18-12-4-2-3-11(9-12)10-15-14(13(16)17)5-7-19-8-6-14;/h2-4,9,15H,5-8,10H2,1H3,(H,16,17);1H. The van der Waals surface area contributed by atoms with Gasteiger partial charge in [-0.05, 0) is 30.5 Å². The summed E-state index contributed by atoms with van der Waals surface area (Å²) in [6, 6.07) is 7.62. The Labute approximate surface area is 124 Å². The molecule has 2 rings (SSSR count). The van der Waals surface area contributed by atoms with Gasteiger partial charge in [-0.3, -0.25) is 10.1 Å². The zero-order valence-corrected chi connectivity index (χ0v) is 12.2. The van der Waals surface area contributed by atoms with E-state index >= 15 is 0 Å². The summed E-state index contributed by atoms with van der Waals surface area (Å²) in [5.41, 5.74) is 0.132. The molecule has 0 unspecified atom stereocenters. The highest BCUT2D eigenvalue weighted by Crippen LogP contribution is 2.22. The predicted octanol–water partition coefficient (Wildman–Crippen LogP) is 1.84. The van der Waals surface area contributed by atoms with Gasteiger partial charge in [0.05, 0.1) is 7.11 Å². The molecule has 0 aromatic heterocycles. The first-order valence-electron chi connectivity index (χ1n) is 6.35. The van der Waals surface area contributed by atoms with Crippen molar-refractivity contribution in [1.82, 2.24) is 5.32 Å². The van der Waals surface area contributed by atoms with E-state index in [0.29, 0.717) is 32.6 Å². The zero-order chi connectivity index (χ0) is 13.7. The molecule has 0 bridgehead atoms. The van der Waals surface area contributed by atoms with Gasteiger partial charge in [0.1, 0.15) is 11.3 Å². The summed E-state index contributed by atoms with van der Waals surface area (Å²) < 4.78 is 10.4. The average Bonchev–Trinajstić information content (AvgIpc) is 2.46. The van der Waals surface area contributed by atoms with Gasteiger partial charge in [-0.15, -0.1) is 12.4 Å². The van der Waals surface area contributed by atoms with E-state index in [1.165, 1.54) is 0 Å². The third kappa shape index (κ3) is 3.85. The Balaban J connectivity index is 0.00000200. The number of aliphatic carboxylic acids is 1. The second-order valence-corrected chi connectivity index (χ2v) is 4.70. The summed E-state index contributed by atoms with van der Waals surface area (Å²) in [6.45, 7) is 1.47. The molecule has 6 heteroatoms. The van der Waals surface area contributed by atoms with Gasteiger partial charge in [-0.1, -0.05) is 12.1 Å². The molecule has 1 aromatic carbocycles. The molecular formula is C14H20ClNO4. The van der Waals surface area contributed by atoms with Crippen LogP contribution in [-0.2, 0) is 16.1 Å². The fourth-order valence-electron chi connectivity index (χ4n) is 2.24. The van der Waals surface area contributed by atoms with Crippen molar-refractivity contribution in [1.29, 1.82) is 0 Å². The van der Waals surface area contributed by atoms with E-state index in [1.807, 2.05) is 24.3 Å². The van der Waals surface area contributed by atoms with Gasteiger partial charge in [0.15, 0.2) is 0 Å². The number of benzene rings is 1. The molecule has 1 saturated heterocycles. The van der Waals surface area contributed by atoms with E-state index < -0.39 is 11.5 Å². The van der Waals surface area contributed by atoms with Crippen molar-refractivity contribution in [2.75, 3.05) is 20.3 Å². The quantitative estimate of drug-likeness (QED) is 0.868. The normalized spacial score (nSPS) is 17.1. The highest BCUT2D eigenvalue weighted by atomic mass is 35.5. The fraction of sp³-hybridized carbons (Fsp3) is 0.500. The number of hydrogen-bond donors (Lipinski definition) is 2. The molecule has 1 fully saturated rings. The molecule has 1 aliphatic rings. The van der Waals surface area contributed by atoms with Gasteiger partial charge < -0.3 is 14.6 Å². The summed E-state index contributed by atoms with van der Waals surface area (Å²) in [5, 5.41) is 12.6. The number of carboxylic acids is 1. The van der Waals surface area contributed by atoms with Crippen molar-refractivity contribution >= 4 is 18.4 Å². The van der Waals surface area contributed by atoms with E-state index in [2.05, 4.69) is 5.32 Å². The van der Waals surface area contributed by atoms with Crippen LogP contribution >= 0.6 is 12.4 Å². The van der Waals surface area contributed by atoms with Crippen molar-refractivity contribution in [3.8, 4) is 5.75 Å². The lowest BCUT2D eigenvalue weighted by Crippen LogP contribution is -2.55. The van der Waals surface area contributed by atoms with Crippen LogP contribution in [0.2, 0.25) is 0 Å². The molecular weight excluding hydrogens is 282 g/mol. The van der Waals surface area contributed by atoms with Crippen molar-refractivity contribution < 1.29 is 19.4 Å². The first kappa shape index (κ1) is 16.8. The van der Waals surface area contributed by atoms with Gasteiger partial charge in [0, 0.05) is 19.8 Å². The molecule has 5 nitrogen and oxygen atoms in total. The average molecular weight is 302 g/mol. The van der Waals surface area contributed by atoms with Crippen LogP contribution in [0.1, 0.15) is 18.4 Å². The molecule has 0 atom stereocenters. The summed E-state index contributed by atoms with van der Waals surface area (Å²) in [6.07, 6.45) is 0.985. The first-order valence-corrected chi connectivity index (χ1v) is 6.35. The van der Waals surface area contributed by atoms with E-state index in [1.54, 1.807) is 7.11 Å². The molecule has 1 heterocycles. The van der Waals surface area contributed by atoms with Crippen LogP contribution in [0.3, 0.4) is 0 Å². The maximum Gasteiger partial charge on any atom is 0.324 e. The molecule has 0 aliphatic carbocycles. The summed E-state index contributed by atoms with van der Waals surface area (Å²) in [5.74, 6) is -0.0330. The van der Waals surface area contributed by atoms with Gasteiger partial charge in [0.2, 0.25) is 0 Å². The van der Waals surface area contributed by atoms with E-state index in [4.69, 9.17) is 9.47 Å². The van der Waals surface area contributed by atoms with Crippen LogP contribution in [0.25, 0.3) is 0 Å². The number of rotatable bonds is 5. The van der Waals surface area contributed by atoms with Crippen LogP contribution in [0, 0.1) is 0 Å². The van der Waals surface area contributed by atoms with Gasteiger partial charge in [-0.2, -0.15) is 0 Å². The number of carbonyl (C=O) groups is 1. The summed E-state index contributed by atoms with van der Waals surface area (Å²) in [4.78, 5) is 11.5. The van der Waals surface area contributed by atoms with Crippen LogP contribution in [-0.4, -0.2) is 36.9 Å². The minimum absolute atomic E-state index is 0. The molecule has 0 spiro atoms. The Morgan fingerprint density at radius 1 is 1.45 bits per heavy atom. The Morgan fingerprint density at radius 3 is 2.75 bits per heavy atom. The van der Waals surface area contributed by atoms with E-state index in [9.17, 15) is 9.90 Å². The molecule has 20 heavy (non-hydrogen) atoms. The number of nitrogens with one attached hydrogen (secondary N) is 1. The fourth-order valence-corrected chi connectivity index (χ4v) is 2.24. The predicted molar refractivity (Wildman–Crippen MR) is 77.5 cm³/mol. The van der Waals surface area contributed by atoms with E-state index in [-0.39, 0.29) is 12.4 Å². The maximum absolute atomic E-state index is 11.5. The van der Waals surface area contributed by atoms with Crippen LogP contribution in [0.15, 0.2) is 24.3 Å². The lowest BCUT2D eigenvalue weighted by Gasteiger charge is -2.34. The largest absolute Gasteiger partial charge is 0.497 e. The topological polar surface area (TPSA) is 67.8 Å². The Morgan fingerprint density at radius 2 is 2.15 bits per heavy atom. The summed E-state index contributed by atoms with van der Waals surface area (Å²) in [7, 11) is 1.61. The van der Waals surface area contributed by atoms with Gasteiger partial charge in [0.25, 0.3) is 0 Å². The minimum Gasteiger partial charge on any atom is -0.497 e.